The van der Waals surface area contributed by atoms with Crippen LogP contribution in [0, 0.1) is 12.3 Å². The van der Waals surface area contributed by atoms with Gasteiger partial charge in [-0.05, 0) is 20.3 Å². The summed E-state index contributed by atoms with van der Waals surface area (Å²) in [5, 5.41) is 9.25. The highest BCUT2D eigenvalue weighted by Crippen LogP contribution is 2.19. The summed E-state index contributed by atoms with van der Waals surface area (Å²) >= 11 is 0. The molecule has 0 aliphatic carbocycles. The number of hydrogen-bond acceptors (Lipinski definition) is 2. The smallest absolute Gasteiger partial charge is 0.0767 e. The molecule has 1 atom stereocenters. The summed E-state index contributed by atoms with van der Waals surface area (Å²) in [4.78, 5) is 2.14. The number of hydrogen-bond donors (Lipinski definition) is 1. The molecule has 0 amide bonds. The number of aliphatic hydroxyl groups excluding tert-OH is 1. The minimum absolute atomic E-state index is 0.178. The van der Waals surface area contributed by atoms with Crippen molar-refractivity contribution in [2.75, 3.05) is 13.1 Å². The zero-order valence-corrected chi connectivity index (χ0v) is 7.17. The molecule has 0 bridgehead atoms. The average Bonchev–Trinajstić information content (AvgIpc) is 2.36. The van der Waals surface area contributed by atoms with Gasteiger partial charge in [-0.2, -0.15) is 0 Å². The summed E-state index contributed by atoms with van der Waals surface area (Å²) in [6, 6.07) is 0. The van der Waals surface area contributed by atoms with Crippen LogP contribution in [-0.4, -0.2) is 34.7 Å². The Morgan fingerprint density at radius 1 is 1.64 bits per heavy atom. The lowest BCUT2D eigenvalue weighted by molar-refractivity contribution is 0.148. The number of terminal acetylenes is 1. The normalized spacial score (nSPS) is 26.9. The minimum atomic E-state index is -0.197. The fourth-order valence-corrected chi connectivity index (χ4v) is 1.34. The largest absolute Gasteiger partial charge is 0.392 e. The Hall–Kier alpha value is -0.520. The zero-order chi connectivity index (χ0) is 8.48. The molecule has 1 aliphatic heterocycles. The molecule has 1 fully saturated rings. The van der Waals surface area contributed by atoms with Crippen LogP contribution in [0.1, 0.15) is 20.3 Å². The standard InChI is InChI=1S/C9H15NO/c1-4-9(2,3)10-6-5-8(11)7-10/h1,8,11H,5-7H2,2-3H3/t8-/m1/s1. The first-order valence-electron chi connectivity index (χ1n) is 3.97. The molecule has 0 aromatic heterocycles. The van der Waals surface area contributed by atoms with E-state index < -0.39 is 0 Å². The molecular weight excluding hydrogens is 138 g/mol. The topological polar surface area (TPSA) is 23.5 Å². The van der Waals surface area contributed by atoms with Crippen molar-refractivity contribution in [3.8, 4) is 12.3 Å². The molecule has 2 heteroatoms. The summed E-state index contributed by atoms with van der Waals surface area (Å²) < 4.78 is 0. The van der Waals surface area contributed by atoms with Gasteiger partial charge in [0.05, 0.1) is 11.6 Å². The summed E-state index contributed by atoms with van der Waals surface area (Å²) in [7, 11) is 0. The lowest BCUT2D eigenvalue weighted by atomic mass is 10.1. The number of aliphatic hydroxyl groups is 1. The predicted molar refractivity (Wildman–Crippen MR) is 45.1 cm³/mol. The third-order valence-corrected chi connectivity index (χ3v) is 2.31. The lowest BCUT2D eigenvalue weighted by Crippen LogP contribution is -2.41. The highest BCUT2D eigenvalue weighted by atomic mass is 16.3. The molecular formula is C9H15NO. The summed E-state index contributed by atoms with van der Waals surface area (Å²) in [6.45, 7) is 5.64. The Bertz CT molecular complexity index is 180. The first kappa shape index (κ1) is 8.58. The zero-order valence-electron chi connectivity index (χ0n) is 7.17. The Labute approximate surface area is 68.2 Å². The fourth-order valence-electron chi connectivity index (χ4n) is 1.34. The van der Waals surface area contributed by atoms with Crippen LogP contribution in [0.15, 0.2) is 0 Å². The maximum Gasteiger partial charge on any atom is 0.0767 e. The van der Waals surface area contributed by atoms with Gasteiger partial charge in [0.2, 0.25) is 0 Å². The van der Waals surface area contributed by atoms with Gasteiger partial charge in [0.1, 0.15) is 0 Å². The molecule has 2 nitrogen and oxygen atoms in total. The van der Waals surface area contributed by atoms with Crippen LogP contribution < -0.4 is 0 Å². The van der Waals surface area contributed by atoms with Crippen molar-refractivity contribution >= 4 is 0 Å². The monoisotopic (exact) mass is 153 g/mol. The highest BCUT2D eigenvalue weighted by molar-refractivity contribution is 5.09. The van der Waals surface area contributed by atoms with Crippen molar-refractivity contribution in [2.24, 2.45) is 0 Å². The van der Waals surface area contributed by atoms with E-state index in [4.69, 9.17) is 6.42 Å². The van der Waals surface area contributed by atoms with Crippen LogP contribution in [-0.2, 0) is 0 Å². The number of rotatable bonds is 1. The average molecular weight is 153 g/mol. The molecule has 0 radical (unpaired) electrons. The third kappa shape index (κ3) is 1.74. The molecule has 1 aliphatic rings. The van der Waals surface area contributed by atoms with E-state index in [-0.39, 0.29) is 11.6 Å². The molecule has 0 aromatic rings. The van der Waals surface area contributed by atoms with E-state index in [0.29, 0.717) is 0 Å². The molecule has 1 N–H and O–H groups in total. The fraction of sp³-hybridized carbons (Fsp3) is 0.778. The van der Waals surface area contributed by atoms with E-state index in [9.17, 15) is 5.11 Å². The first-order valence-corrected chi connectivity index (χ1v) is 3.97. The van der Waals surface area contributed by atoms with Crippen LogP contribution in [0.4, 0.5) is 0 Å². The Balaban J connectivity index is 2.57. The molecule has 0 aromatic carbocycles. The molecule has 62 valence electrons. The summed E-state index contributed by atoms with van der Waals surface area (Å²) in [5.41, 5.74) is -0.197. The van der Waals surface area contributed by atoms with Crippen LogP contribution in [0.3, 0.4) is 0 Å². The molecule has 0 spiro atoms. The van der Waals surface area contributed by atoms with Gasteiger partial charge in [-0.25, -0.2) is 0 Å². The predicted octanol–water partition coefficient (Wildman–Crippen LogP) is 0.465. The van der Waals surface area contributed by atoms with Crippen molar-refractivity contribution in [3.05, 3.63) is 0 Å². The summed E-state index contributed by atoms with van der Waals surface area (Å²) in [5.74, 6) is 2.72. The molecule has 0 unspecified atom stereocenters. The number of likely N-dealkylation sites (tertiary alicyclic amines) is 1. The Kier molecular flexibility index (Phi) is 2.22. The van der Waals surface area contributed by atoms with Crippen LogP contribution >= 0.6 is 0 Å². The molecule has 1 rings (SSSR count). The molecule has 11 heavy (non-hydrogen) atoms. The van der Waals surface area contributed by atoms with Gasteiger partial charge in [-0.1, -0.05) is 5.92 Å². The molecule has 1 saturated heterocycles. The van der Waals surface area contributed by atoms with Gasteiger partial charge in [0.25, 0.3) is 0 Å². The van der Waals surface area contributed by atoms with Crippen molar-refractivity contribution < 1.29 is 5.11 Å². The van der Waals surface area contributed by atoms with Gasteiger partial charge in [0.15, 0.2) is 0 Å². The second kappa shape index (κ2) is 2.84. The molecule has 0 saturated carbocycles. The second-order valence-electron chi connectivity index (χ2n) is 3.59. The van der Waals surface area contributed by atoms with E-state index in [1.807, 2.05) is 13.8 Å². The Morgan fingerprint density at radius 2 is 2.27 bits per heavy atom. The summed E-state index contributed by atoms with van der Waals surface area (Å²) in [6.07, 6.45) is 6.03. The Morgan fingerprint density at radius 3 is 2.64 bits per heavy atom. The maximum atomic E-state index is 9.25. The van der Waals surface area contributed by atoms with Crippen molar-refractivity contribution in [1.82, 2.24) is 4.90 Å². The quantitative estimate of drug-likeness (QED) is 0.553. The molecule has 1 heterocycles. The van der Waals surface area contributed by atoms with Crippen molar-refractivity contribution in [2.45, 2.75) is 31.9 Å². The van der Waals surface area contributed by atoms with Crippen molar-refractivity contribution in [1.29, 1.82) is 0 Å². The number of β-amino-alcohol motifs (C(OH)–C–C–N with tert-alkyl or cyclic N) is 1. The lowest BCUT2D eigenvalue weighted by Gasteiger charge is -2.29. The third-order valence-electron chi connectivity index (χ3n) is 2.31. The van der Waals surface area contributed by atoms with Gasteiger partial charge in [0, 0.05) is 13.1 Å². The maximum absolute atomic E-state index is 9.25. The van der Waals surface area contributed by atoms with E-state index in [2.05, 4.69) is 10.8 Å². The number of nitrogens with zero attached hydrogens (tertiary/aromatic N) is 1. The van der Waals surface area contributed by atoms with Crippen LogP contribution in [0.5, 0.6) is 0 Å². The van der Waals surface area contributed by atoms with Crippen molar-refractivity contribution in [3.63, 3.8) is 0 Å². The van der Waals surface area contributed by atoms with Gasteiger partial charge in [-0.15, -0.1) is 6.42 Å². The van der Waals surface area contributed by atoms with E-state index >= 15 is 0 Å². The first-order chi connectivity index (χ1) is 5.06. The van der Waals surface area contributed by atoms with E-state index in [1.165, 1.54) is 0 Å². The van der Waals surface area contributed by atoms with Crippen LogP contribution in [0.2, 0.25) is 0 Å². The van der Waals surface area contributed by atoms with E-state index in [0.717, 1.165) is 19.5 Å². The van der Waals surface area contributed by atoms with Gasteiger partial charge in [-0.3, -0.25) is 4.90 Å². The van der Waals surface area contributed by atoms with E-state index in [1.54, 1.807) is 0 Å². The highest BCUT2D eigenvalue weighted by Gasteiger charge is 2.30. The van der Waals surface area contributed by atoms with Gasteiger partial charge < -0.3 is 5.11 Å². The van der Waals surface area contributed by atoms with Crippen LogP contribution in [0.25, 0.3) is 0 Å². The SMILES string of the molecule is C#CC(C)(C)N1CC[C@@H](O)C1. The van der Waals surface area contributed by atoms with Gasteiger partial charge >= 0.3 is 0 Å². The second-order valence-corrected chi connectivity index (χ2v) is 3.59. The minimum Gasteiger partial charge on any atom is -0.392 e.